The molecule has 0 radical (unpaired) electrons. The molecule has 1 heterocycles. The van der Waals surface area contributed by atoms with Crippen molar-refractivity contribution in [2.24, 2.45) is 0 Å². The van der Waals surface area contributed by atoms with Gasteiger partial charge in [-0.1, -0.05) is 20.4 Å². The van der Waals surface area contributed by atoms with Gasteiger partial charge in [0.25, 0.3) is 0 Å². The fourth-order valence-corrected chi connectivity index (χ4v) is 1.41. The molecule has 0 bridgehead atoms. The average molecular weight is 252 g/mol. The molecule has 3 nitrogen and oxygen atoms in total. The summed E-state index contributed by atoms with van der Waals surface area (Å²) in [4.78, 5) is 13.2. The molecule has 0 atom stereocenters. The van der Waals surface area contributed by atoms with Crippen LogP contribution in [-0.4, -0.2) is 37.0 Å². The van der Waals surface area contributed by atoms with Crippen molar-refractivity contribution < 1.29 is 56.2 Å². The van der Waals surface area contributed by atoms with Crippen LogP contribution in [0.2, 0.25) is 0 Å². The SMILES string of the molecule is C=CC(=O)NC1CCN(C)CC1.CC.[CH3-].[K+]. The number of carbonyl (C=O) groups excluding carboxylic acids is 1. The molecule has 0 aromatic carbocycles. The number of piperidine rings is 1. The van der Waals surface area contributed by atoms with Gasteiger partial charge in [0.1, 0.15) is 0 Å². The fourth-order valence-electron chi connectivity index (χ4n) is 1.41. The van der Waals surface area contributed by atoms with Crippen LogP contribution in [-0.2, 0) is 4.79 Å². The molecule has 0 aromatic heterocycles. The van der Waals surface area contributed by atoms with Gasteiger partial charge >= 0.3 is 51.4 Å². The van der Waals surface area contributed by atoms with Crippen molar-refractivity contribution in [3.63, 3.8) is 0 Å². The van der Waals surface area contributed by atoms with Crippen LogP contribution in [0.25, 0.3) is 0 Å². The monoisotopic (exact) mass is 252 g/mol. The van der Waals surface area contributed by atoms with Crippen molar-refractivity contribution >= 4 is 5.91 Å². The summed E-state index contributed by atoms with van der Waals surface area (Å²) in [6.07, 6.45) is 3.44. The second-order valence-corrected chi connectivity index (χ2v) is 3.29. The smallest absolute Gasteiger partial charge is 0.358 e. The Bertz CT molecular complexity index is 178. The van der Waals surface area contributed by atoms with E-state index in [1.165, 1.54) is 6.08 Å². The van der Waals surface area contributed by atoms with E-state index in [1.807, 2.05) is 13.8 Å². The Labute approximate surface area is 143 Å². The minimum absolute atomic E-state index is 0. The molecule has 1 aliphatic heterocycles. The fraction of sp³-hybridized carbons (Fsp3) is 0.667. The van der Waals surface area contributed by atoms with Gasteiger partial charge in [0.15, 0.2) is 0 Å². The zero-order valence-electron chi connectivity index (χ0n) is 11.5. The van der Waals surface area contributed by atoms with E-state index in [4.69, 9.17) is 0 Å². The summed E-state index contributed by atoms with van der Waals surface area (Å²) < 4.78 is 0. The zero-order valence-corrected chi connectivity index (χ0v) is 14.7. The van der Waals surface area contributed by atoms with Crippen molar-refractivity contribution in [1.82, 2.24) is 10.2 Å². The Kier molecular flexibility index (Phi) is 19.1. The molecule has 4 heteroatoms. The molecule has 90 valence electrons. The molecule has 16 heavy (non-hydrogen) atoms. The first-order valence-corrected chi connectivity index (χ1v) is 5.34. The molecule has 0 aliphatic carbocycles. The molecule has 1 saturated heterocycles. The van der Waals surface area contributed by atoms with Gasteiger partial charge in [-0.2, -0.15) is 0 Å². The van der Waals surface area contributed by atoms with E-state index >= 15 is 0 Å². The third-order valence-corrected chi connectivity index (χ3v) is 2.25. The average Bonchev–Trinajstić information content (AvgIpc) is 2.24. The minimum atomic E-state index is -0.0513. The van der Waals surface area contributed by atoms with Crippen molar-refractivity contribution in [2.75, 3.05) is 20.1 Å². The molecule has 1 N–H and O–H groups in total. The van der Waals surface area contributed by atoms with E-state index in [0.717, 1.165) is 25.9 Å². The second kappa shape index (κ2) is 13.9. The number of hydrogen-bond donors (Lipinski definition) is 1. The third-order valence-electron chi connectivity index (χ3n) is 2.25. The number of nitrogens with one attached hydrogen (secondary N) is 1. The largest absolute Gasteiger partial charge is 1.00 e. The summed E-state index contributed by atoms with van der Waals surface area (Å²) in [7, 11) is 2.10. The van der Waals surface area contributed by atoms with Crippen LogP contribution in [0.1, 0.15) is 26.7 Å². The van der Waals surface area contributed by atoms with Gasteiger partial charge in [-0.15, -0.1) is 0 Å². The molecule has 1 aliphatic rings. The Morgan fingerprint density at radius 3 is 2.19 bits per heavy atom. The molecule has 0 saturated carbocycles. The third kappa shape index (κ3) is 9.99. The van der Waals surface area contributed by atoms with Gasteiger partial charge in [-0.3, -0.25) is 4.79 Å². The Hall–Kier alpha value is 0.806. The van der Waals surface area contributed by atoms with Gasteiger partial charge in [0.05, 0.1) is 0 Å². The molecular formula is C12H25KN2O. The summed E-state index contributed by atoms with van der Waals surface area (Å²) in [5.41, 5.74) is 0. The predicted molar refractivity (Wildman–Crippen MR) is 66.6 cm³/mol. The molecule has 0 spiro atoms. The second-order valence-electron chi connectivity index (χ2n) is 3.29. The van der Waals surface area contributed by atoms with Gasteiger partial charge in [-0.05, 0) is 39.1 Å². The van der Waals surface area contributed by atoms with Crippen molar-refractivity contribution in [3.8, 4) is 0 Å². The van der Waals surface area contributed by atoms with Crippen LogP contribution in [0.3, 0.4) is 0 Å². The van der Waals surface area contributed by atoms with Crippen molar-refractivity contribution in [1.29, 1.82) is 0 Å². The van der Waals surface area contributed by atoms with Gasteiger partial charge in [-0.25, -0.2) is 0 Å². The summed E-state index contributed by atoms with van der Waals surface area (Å²) in [6, 6.07) is 0.353. The maximum absolute atomic E-state index is 10.9. The molecule has 0 unspecified atom stereocenters. The van der Waals surface area contributed by atoms with Crippen LogP contribution in [0.4, 0.5) is 0 Å². The first kappa shape index (κ1) is 22.0. The number of hydrogen-bond acceptors (Lipinski definition) is 2. The topological polar surface area (TPSA) is 32.3 Å². The van der Waals surface area contributed by atoms with Crippen LogP contribution >= 0.6 is 0 Å². The number of carbonyl (C=O) groups is 1. The molecular weight excluding hydrogens is 227 g/mol. The van der Waals surface area contributed by atoms with Gasteiger partial charge < -0.3 is 17.6 Å². The first-order valence-electron chi connectivity index (χ1n) is 5.34. The normalized spacial score (nSPS) is 15.7. The van der Waals surface area contributed by atoms with Crippen molar-refractivity contribution in [2.45, 2.75) is 32.7 Å². The van der Waals surface area contributed by atoms with Gasteiger partial charge in [0.2, 0.25) is 5.91 Å². The van der Waals surface area contributed by atoms with Crippen LogP contribution in [0.5, 0.6) is 0 Å². The molecule has 0 aromatic rings. The number of amides is 1. The van der Waals surface area contributed by atoms with Crippen LogP contribution in [0, 0.1) is 7.43 Å². The maximum atomic E-state index is 10.9. The van der Waals surface area contributed by atoms with E-state index in [-0.39, 0.29) is 64.7 Å². The summed E-state index contributed by atoms with van der Waals surface area (Å²) in [5.74, 6) is -0.0513. The standard InChI is InChI=1S/C9H16N2O.C2H6.CH3.K/c1-3-9(12)10-8-4-6-11(2)7-5-8;1-2;;/h3,8H,1,4-7H2,2H3,(H,10,12);1-2H3;1H3;/q;;-1;+1. The Morgan fingerprint density at radius 1 is 1.38 bits per heavy atom. The van der Waals surface area contributed by atoms with Crippen LogP contribution < -0.4 is 56.7 Å². The molecule has 1 rings (SSSR count). The Morgan fingerprint density at radius 2 is 1.81 bits per heavy atom. The quantitative estimate of drug-likeness (QED) is 0.383. The number of rotatable bonds is 2. The van der Waals surface area contributed by atoms with E-state index in [0.29, 0.717) is 6.04 Å². The predicted octanol–water partition coefficient (Wildman–Crippen LogP) is -1.14. The van der Waals surface area contributed by atoms with E-state index in [9.17, 15) is 4.79 Å². The van der Waals surface area contributed by atoms with Crippen molar-refractivity contribution in [3.05, 3.63) is 20.1 Å². The van der Waals surface area contributed by atoms with E-state index < -0.39 is 0 Å². The number of likely N-dealkylation sites (tertiary alicyclic amines) is 1. The minimum Gasteiger partial charge on any atom is -0.358 e. The maximum Gasteiger partial charge on any atom is 1.00 e. The molecule has 1 fully saturated rings. The van der Waals surface area contributed by atoms with Crippen LogP contribution in [0.15, 0.2) is 12.7 Å². The molecule has 1 amide bonds. The zero-order chi connectivity index (χ0) is 11.0. The Balaban J connectivity index is -0.000000399. The summed E-state index contributed by atoms with van der Waals surface area (Å²) in [5, 5.41) is 2.91. The summed E-state index contributed by atoms with van der Waals surface area (Å²) in [6.45, 7) is 9.56. The van der Waals surface area contributed by atoms with Gasteiger partial charge in [0, 0.05) is 6.04 Å². The summed E-state index contributed by atoms with van der Waals surface area (Å²) >= 11 is 0. The van der Waals surface area contributed by atoms with E-state index in [2.05, 4.69) is 23.8 Å². The number of nitrogens with zero attached hydrogens (tertiary/aromatic N) is 1. The van der Waals surface area contributed by atoms with E-state index in [1.54, 1.807) is 0 Å². The first-order chi connectivity index (χ1) is 6.72.